The fraction of sp³-hybridized carbons (Fsp3) is 0.273. The number of rotatable bonds is 5. The van der Waals surface area contributed by atoms with Gasteiger partial charge in [-0.1, -0.05) is 30.1 Å². The van der Waals surface area contributed by atoms with E-state index in [2.05, 4.69) is 10.5 Å². The fourth-order valence-corrected chi connectivity index (χ4v) is 1.50. The summed E-state index contributed by atoms with van der Waals surface area (Å²) in [5, 5.41) is 3.57. The Morgan fingerprint density at radius 1 is 1.50 bits per heavy atom. The van der Waals surface area contributed by atoms with Crippen LogP contribution >= 0.6 is 23.2 Å². The van der Waals surface area contributed by atoms with Crippen LogP contribution in [0.2, 0.25) is 10.0 Å². The lowest BCUT2D eigenvalue weighted by atomic mass is 10.3. The number of benzene rings is 1. The summed E-state index contributed by atoms with van der Waals surface area (Å²) in [7, 11) is 0. The van der Waals surface area contributed by atoms with Crippen molar-refractivity contribution in [2.45, 2.75) is 13.3 Å². The first-order valence-corrected chi connectivity index (χ1v) is 5.88. The van der Waals surface area contributed by atoms with E-state index in [1.807, 2.05) is 0 Å². The molecule has 0 aliphatic heterocycles. The number of halogens is 3. The predicted molar refractivity (Wildman–Crippen MR) is 69.8 cm³/mol. The van der Waals surface area contributed by atoms with E-state index in [4.69, 9.17) is 27.9 Å². The highest BCUT2D eigenvalue weighted by Gasteiger charge is 2.06. The van der Waals surface area contributed by atoms with E-state index in [9.17, 15) is 9.18 Å². The Morgan fingerprint density at radius 3 is 2.67 bits per heavy atom. The van der Waals surface area contributed by atoms with Crippen LogP contribution in [0.5, 0.6) is 0 Å². The summed E-state index contributed by atoms with van der Waals surface area (Å²) >= 11 is 11.2. The molecule has 1 aromatic rings. The van der Waals surface area contributed by atoms with Gasteiger partial charge in [-0.3, -0.25) is 10.2 Å². The van der Waals surface area contributed by atoms with Gasteiger partial charge < -0.3 is 4.74 Å². The lowest BCUT2D eigenvalue weighted by molar-refractivity contribution is -0.141. The molecule has 0 radical (unpaired) electrons. The van der Waals surface area contributed by atoms with Gasteiger partial charge in [0.05, 0.1) is 21.9 Å². The molecule has 0 saturated heterocycles. The van der Waals surface area contributed by atoms with Crippen molar-refractivity contribution in [3.63, 3.8) is 0 Å². The Kier molecular flexibility index (Phi) is 5.88. The Balaban J connectivity index is 2.49. The summed E-state index contributed by atoms with van der Waals surface area (Å²) in [6.45, 7) is 1.75. The minimum absolute atomic E-state index is 0.0579. The molecule has 98 valence electrons. The summed E-state index contributed by atoms with van der Waals surface area (Å²) in [6, 6.07) is 2.69. The molecule has 4 nitrogen and oxygen atoms in total. The number of nitrogens with zero attached hydrogens (tertiary/aromatic N) is 1. The van der Waals surface area contributed by atoms with Gasteiger partial charge in [0.15, 0.2) is 5.82 Å². The highest BCUT2D eigenvalue weighted by atomic mass is 35.5. The monoisotopic (exact) mass is 292 g/mol. The molecule has 0 fully saturated rings. The van der Waals surface area contributed by atoms with Crippen molar-refractivity contribution in [3.8, 4) is 0 Å². The number of anilines is 1. The molecular formula is C11H11Cl2FN2O2. The van der Waals surface area contributed by atoms with Gasteiger partial charge in [-0.05, 0) is 12.1 Å². The summed E-state index contributed by atoms with van der Waals surface area (Å²) in [6.07, 6.45) is 1.67. The molecule has 7 heteroatoms. The average molecular weight is 293 g/mol. The van der Waals surface area contributed by atoms with E-state index in [0.29, 0.717) is 12.1 Å². The van der Waals surface area contributed by atoms with Gasteiger partial charge in [-0.2, -0.15) is 5.10 Å². The van der Waals surface area contributed by atoms with E-state index in [1.54, 1.807) is 6.92 Å². The number of carbonyl (C=O) groups is 1. The summed E-state index contributed by atoms with van der Waals surface area (Å²) < 4.78 is 17.8. The van der Waals surface area contributed by atoms with E-state index in [0.717, 1.165) is 0 Å². The second kappa shape index (κ2) is 7.18. The molecule has 0 bridgehead atoms. The molecule has 0 saturated carbocycles. The highest BCUT2D eigenvalue weighted by Crippen LogP contribution is 2.27. The lowest BCUT2D eigenvalue weighted by Crippen LogP contribution is -2.05. The van der Waals surface area contributed by atoms with Gasteiger partial charge in [0.2, 0.25) is 0 Å². The van der Waals surface area contributed by atoms with Crippen LogP contribution in [0.25, 0.3) is 0 Å². The number of nitrogens with one attached hydrogen (secondary N) is 1. The van der Waals surface area contributed by atoms with Crippen LogP contribution in [0.15, 0.2) is 17.2 Å². The van der Waals surface area contributed by atoms with Crippen LogP contribution < -0.4 is 5.43 Å². The average Bonchev–Trinajstić information content (AvgIpc) is 2.35. The molecule has 1 N–H and O–H groups in total. The third kappa shape index (κ3) is 4.50. The molecule has 0 amide bonds. The Hall–Kier alpha value is -1.33. The van der Waals surface area contributed by atoms with Crippen LogP contribution in [-0.2, 0) is 9.53 Å². The molecule has 0 unspecified atom stereocenters. The third-order valence-corrected chi connectivity index (χ3v) is 2.43. The molecule has 1 rings (SSSR count). The van der Waals surface area contributed by atoms with Gasteiger partial charge in [-0.25, -0.2) is 4.39 Å². The largest absolute Gasteiger partial charge is 0.460 e. The smallest absolute Gasteiger partial charge is 0.305 e. The molecular weight excluding hydrogens is 282 g/mol. The number of hydrazone groups is 1. The minimum atomic E-state index is -0.676. The molecule has 0 spiro atoms. The number of hydrogen-bond donors (Lipinski definition) is 1. The van der Waals surface area contributed by atoms with Crippen molar-refractivity contribution in [1.82, 2.24) is 0 Å². The maximum atomic E-state index is 13.1. The van der Waals surface area contributed by atoms with Crippen molar-refractivity contribution >= 4 is 41.1 Å². The second-order valence-electron chi connectivity index (χ2n) is 3.21. The molecule has 0 aliphatic rings. The zero-order chi connectivity index (χ0) is 13.5. The normalized spacial score (nSPS) is 10.7. The van der Waals surface area contributed by atoms with Gasteiger partial charge >= 0.3 is 5.97 Å². The van der Waals surface area contributed by atoms with E-state index >= 15 is 0 Å². The van der Waals surface area contributed by atoms with E-state index in [-0.39, 0.29) is 22.6 Å². The first-order chi connectivity index (χ1) is 8.54. The van der Waals surface area contributed by atoms with Crippen LogP contribution in [-0.4, -0.2) is 18.8 Å². The molecule has 0 aliphatic carbocycles. The first-order valence-electron chi connectivity index (χ1n) is 5.12. The van der Waals surface area contributed by atoms with Crippen LogP contribution in [0.3, 0.4) is 0 Å². The Morgan fingerprint density at radius 2 is 2.11 bits per heavy atom. The quantitative estimate of drug-likeness (QED) is 0.391. The zero-order valence-electron chi connectivity index (χ0n) is 9.54. The van der Waals surface area contributed by atoms with Gasteiger partial charge in [0, 0.05) is 6.42 Å². The predicted octanol–water partition coefficient (Wildman–Crippen LogP) is 3.48. The number of hydrogen-bond acceptors (Lipinski definition) is 4. The molecule has 0 heterocycles. The molecule has 0 aromatic heterocycles. The summed E-state index contributed by atoms with van der Waals surface area (Å²) in [5.74, 6) is -0.987. The van der Waals surface area contributed by atoms with E-state index < -0.39 is 5.82 Å². The lowest BCUT2D eigenvalue weighted by Gasteiger charge is -2.03. The number of esters is 1. The maximum absolute atomic E-state index is 13.1. The fourth-order valence-electron chi connectivity index (χ4n) is 1.01. The second-order valence-corrected chi connectivity index (χ2v) is 4.03. The summed E-state index contributed by atoms with van der Waals surface area (Å²) in [4.78, 5) is 10.8. The maximum Gasteiger partial charge on any atom is 0.305 e. The topological polar surface area (TPSA) is 50.7 Å². The standard InChI is InChI=1S/C11H11Cl2FN2O2/c1-2-10(17)18-4-3-15-16-7-5-8(12)11(14)9(13)6-7/h3,5-6,16H,2,4H2,1H3. The van der Waals surface area contributed by atoms with Crippen molar-refractivity contribution in [2.75, 3.05) is 12.0 Å². The van der Waals surface area contributed by atoms with Crippen molar-refractivity contribution in [3.05, 3.63) is 28.0 Å². The molecule has 0 atom stereocenters. The highest BCUT2D eigenvalue weighted by molar-refractivity contribution is 6.35. The first kappa shape index (κ1) is 14.7. The van der Waals surface area contributed by atoms with Crippen LogP contribution in [0, 0.1) is 5.82 Å². The zero-order valence-corrected chi connectivity index (χ0v) is 11.1. The third-order valence-electron chi connectivity index (χ3n) is 1.88. The van der Waals surface area contributed by atoms with Crippen molar-refractivity contribution in [1.29, 1.82) is 0 Å². The number of ether oxygens (including phenoxy) is 1. The SMILES string of the molecule is CCC(=O)OCC=NNc1cc(Cl)c(F)c(Cl)c1. The van der Waals surface area contributed by atoms with Crippen LogP contribution in [0.4, 0.5) is 10.1 Å². The van der Waals surface area contributed by atoms with Crippen LogP contribution in [0.1, 0.15) is 13.3 Å². The Bertz CT molecular complexity index is 443. The van der Waals surface area contributed by atoms with E-state index in [1.165, 1.54) is 18.3 Å². The molecule has 18 heavy (non-hydrogen) atoms. The van der Waals surface area contributed by atoms with Gasteiger partial charge in [0.25, 0.3) is 0 Å². The Labute approximate surface area is 114 Å². The van der Waals surface area contributed by atoms with Gasteiger partial charge in [0.1, 0.15) is 6.61 Å². The van der Waals surface area contributed by atoms with Gasteiger partial charge in [-0.15, -0.1) is 0 Å². The molecule has 1 aromatic carbocycles. The number of carbonyl (C=O) groups excluding carboxylic acids is 1. The van der Waals surface area contributed by atoms with Crippen molar-refractivity contribution in [2.24, 2.45) is 5.10 Å². The minimum Gasteiger partial charge on any atom is -0.460 e. The summed E-state index contributed by atoms with van der Waals surface area (Å²) in [5.41, 5.74) is 3.02. The van der Waals surface area contributed by atoms with Crippen molar-refractivity contribution < 1.29 is 13.9 Å².